The minimum atomic E-state index is -3.64. The molecule has 1 amide bonds. The number of amides is 1. The van der Waals surface area contributed by atoms with E-state index in [4.69, 9.17) is 24.2 Å². The van der Waals surface area contributed by atoms with Crippen LogP contribution in [0, 0.1) is 0 Å². The van der Waals surface area contributed by atoms with E-state index in [1.54, 1.807) is 19.2 Å². The third kappa shape index (κ3) is 5.20. The van der Waals surface area contributed by atoms with Crippen LogP contribution in [0.1, 0.15) is 37.7 Å². The second-order valence-electron chi connectivity index (χ2n) is 7.18. The van der Waals surface area contributed by atoms with Gasteiger partial charge in [-0.15, -0.1) is 0 Å². The highest BCUT2D eigenvalue weighted by Gasteiger charge is 2.41. The van der Waals surface area contributed by atoms with Gasteiger partial charge in [0.2, 0.25) is 0 Å². The Morgan fingerprint density at radius 2 is 2.03 bits per heavy atom. The van der Waals surface area contributed by atoms with E-state index in [0.29, 0.717) is 22.8 Å². The first-order valence-electron chi connectivity index (χ1n) is 9.39. The molecule has 2 aliphatic rings. The highest BCUT2D eigenvalue weighted by atomic mass is 32.2. The van der Waals surface area contributed by atoms with Gasteiger partial charge in [-0.25, -0.2) is 0 Å². The molecule has 0 bridgehead atoms. The molecular weight excluding hydrogens is 400 g/mol. The monoisotopic (exact) mass is 426 g/mol. The summed E-state index contributed by atoms with van der Waals surface area (Å²) in [5, 5.41) is 0. The molecule has 1 saturated carbocycles. The zero-order valence-electron chi connectivity index (χ0n) is 16.5. The number of carbonyl (C=O) groups is 1. The number of nitrogens with two attached hydrogens (primary N) is 1. The summed E-state index contributed by atoms with van der Waals surface area (Å²) in [6.07, 6.45) is 6.84. The average molecular weight is 426 g/mol. The van der Waals surface area contributed by atoms with Crippen molar-refractivity contribution in [1.82, 2.24) is 5.48 Å². The van der Waals surface area contributed by atoms with Crippen molar-refractivity contribution in [2.24, 2.45) is 5.73 Å². The molecule has 160 valence electrons. The Kier molecular flexibility index (Phi) is 6.35. The van der Waals surface area contributed by atoms with Crippen molar-refractivity contribution in [2.75, 3.05) is 20.0 Å². The lowest BCUT2D eigenvalue weighted by atomic mass is 9.97. The van der Waals surface area contributed by atoms with Crippen LogP contribution in [0.25, 0.3) is 5.70 Å². The van der Waals surface area contributed by atoms with Crippen molar-refractivity contribution in [3.05, 3.63) is 29.8 Å². The number of hydroxylamine groups is 1. The number of ether oxygens (including phenoxy) is 2. The molecule has 0 radical (unpaired) electrons. The summed E-state index contributed by atoms with van der Waals surface area (Å²) >= 11 is 0. The van der Waals surface area contributed by atoms with E-state index >= 15 is 0 Å². The van der Waals surface area contributed by atoms with Crippen LogP contribution in [0.2, 0.25) is 0 Å². The maximum atomic E-state index is 12.0. The van der Waals surface area contributed by atoms with Gasteiger partial charge in [0, 0.05) is 12.0 Å². The zero-order chi connectivity index (χ0) is 21.1. The number of benzene rings is 1. The molecule has 1 aliphatic carbocycles. The van der Waals surface area contributed by atoms with Gasteiger partial charge >= 0.3 is 0 Å². The van der Waals surface area contributed by atoms with E-state index in [-0.39, 0.29) is 19.1 Å². The fourth-order valence-electron chi connectivity index (χ4n) is 3.41. The normalized spacial score (nSPS) is 22.2. The molecule has 1 heterocycles. The number of hydrogen-bond donors (Lipinski definition) is 2. The first-order valence-corrected chi connectivity index (χ1v) is 11.2. The fourth-order valence-corrected chi connectivity index (χ4v) is 3.80. The van der Waals surface area contributed by atoms with Crippen molar-refractivity contribution >= 4 is 21.7 Å². The minimum Gasteiger partial charge on any atom is -0.493 e. The molecule has 1 fully saturated rings. The van der Waals surface area contributed by atoms with Crippen molar-refractivity contribution < 1.29 is 31.7 Å². The number of hydrogen-bond acceptors (Lipinski definition) is 8. The lowest BCUT2D eigenvalue weighted by molar-refractivity contribution is -0.141. The summed E-state index contributed by atoms with van der Waals surface area (Å²) in [6, 6.07) is 5.38. The van der Waals surface area contributed by atoms with Gasteiger partial charge < -0.3 is 15.2 Å². The molecule has 29 heavy (non-hydrogen) atoms. The highest BCUT2D eigenvalue weighted by Crippen LogP contribution is 2.36. The van der Waals surface area contributed by atoms with Gasteiger partial charge in [0.05, 0.1) is 31.8 Å². The van der Waals surface area contributed by atoms with Gasteiger partial charge in [0.1, 0.15) is 0 Å². The van der Waals surface area contributed by atoms with Crippen LogP contribution >= 0.6 is 0 Å². The molecule has 0 spiro atoms. The van der Waals surface area contributed by atoms with E-state index in [1.807, 2.05) is 6.07 Å². The van der Waals surface area contributed by atoms with Crippen LogP contribution in [0.5, 0.6) is 11.5 Å². The van der Waals surface area contributed by atoms with E-state index in [0.717, 1.165) is 31.9 Å². The zero-order valence-corrected chi connectivity index (χ0v) is 17.3. The maximum Gasteiger partial charge on any atom is 0.264 e. The molecule has 1 aliphatic heterocycles. The summed E-state index contributed by atoms with van der Waals surface area (Å²) in [5.41, 5.74) is 7.93. The molecule has 1 atom stereocenters. The summed E-state index contributed by atoms with van der Waals surface area (Å²) in [7, 11) is -2.06. The summed E-state index contributed by atoms with van der Waals surface area (Å²) in [5.74, 6) is 0.465. The fraction of sp³-hybridized carbons (Fsp3) is 0.526. The van der Waals surface area contributed by atoms with Crippen LogP contribution in [0.4, 0.5) is 0 Å². The summed E-state index contributed by atoms with van der Waals surface area (Å²) in [6.45, 7) is -0.244. The second-order valence-corrected chi connectivity index (χ2v) is 8.83. The third-order valence-electron chi connectivity index (χ3n) is 4.98. The Labute approximate surface area is 170 Å². The third-order valence-corrected chi connectivity index (χ3v) is 5.57. The topological polar surface area (TPSA) is 126 Å². The first kappa shape index (κ1) is 21.4. The smallest absolute Gasteiger partial charge is 0.264 e. The van der Waals surface area contributed by atoms with Gasteiger partial charge in [-0.1, -0.05) is 0 Å². The molecule has 1 aromatic rings. The summed E-state index contributed by atoms with van der Waals surface area (Å²) < 4.78 is 38.6. The molecule has 0 aromatic heterocycles. The standard InChI is InChI=1S/C19H26N2O7S/c1-25-16-8-7-13(11-17(16)27-14-5-3-4-6-14)15-12-19(18(20)22,28-21-15)9-10-26-29(2,23)24/h7-8,11-12,14,21H,3-6,9-10H2,1-2H3,(H2,20,22). The Morgan fingerprint density at radius 3 is 2.66 bits per heavy atom. The van der Waals surface area contributed by atoms with E-state index in [2.05, 4.69) is 5.48 Å². The second kappa shape index (κ2) is 8.60. The predicted molar refractivity (Wildman–Crippen MR) is 105 cm³/mol. The van der Waals surface area contributed by atoms with Gasteiger partial charge in [0.25, 0.3) is 16.0 Å². The quantitative estimate of drug-likeness (QED) is 0.569. The van der Waals surface area contributed by atoms with E-state index in [9.17, 15) is 13.2 Å². The van der Waals surface area contributed by atoms with Crippen molar-refractivity contribution in [2.45, 2.75) is 43.8 Å². The van der Waals surface area contributed by atoms with E-state index < -0.39 is 21.6 Å². The Hall–Kier alpha value is -2.30. The van der Waals surface area contributed by atoms with Crippen LogP contribution in [-0.2, 0) is 23.9 Å². The average Bonchev–Trinajstić information content (AvgIpc) is 3.31. The maximum absolute atomic E-state index is 12.0. The summed E-state index contributed by atoms with van der Waals surface area (Å²) in [4.78, 5) is 17.5. The van der Waals surface area contributed by atoms with Crippen LogP contribution in [-0.4, -0.2) is 46.0 Å². The molecule has 9 nitrogen and oxygen atoms in total. The SMILES string of the molecule is COc1ccc(C2=CC(CCOS(C)(=O)=O)(C(N)=O)ON2)cc1OC1CCCC1. The van der Waals surface area contributed by atoms with Crippen molar-refractivity contribution in [1.29, 1.82) is 0 Å². The number of nitrogens with one attached hydrogen (secondary N) is 1. The van der Waals surface area contributed by atoms with Crippen LogP contribution in [0.15, 0.2) is 24.3 Å². The van der Waals surface area contributed by atoms with Gasteiger partial charge in [0.15, 0.2) is 17.1 Å². The largest absolute Gasteiger partial charge is 0.493 e. The predicted octanol–water partition coefficient (Wildman–Crippen LogP) is 1.48. The first-order chi connectivity index (χ1) is 13.7. The molecular formula is C19H26N2O7S. The van der Waals surface area contributed by atoms with Gasteiger partial charge in [-0.2, -0.15) is 8.42 Å². The number of methoxy groups -OCH3 is 1. The van der Waals surface area contributed by atoms with Gasteiger partial charge in [-0.3, -0.25) is 19.3 Å². The Bertz CT molecular complexity index is 894. The molecule has 1 aromatic carbocycles. The number of rotatable bonds is 9. The molecule has 10 heteroatoms. The molecule has 3 rings (SSSR count). The van der Waals surface area contributed by atoms with Crippen molar-refractivity contribution in [3.8, 4) is 11.5 Å². The Morgan fingerprint density at radius 1 is 1.31 bits per heavy atom. The highest BCUT2D eigenvalue weighted by molar-refractivity contribution is 7.85. The van der Waals surface area contributed by atoms with Crippen LogP contribution in [0.3, 0.4) is 0 Å². The molecule has 1 unspecified atom stereocenters. The lowest BCUT2D eigenvalue weighted by Crippen LogP contribution is -2.45. The Balaban J connectivity index is 1.82. The number of carbonyl (C=O) groups excluding carboxylic acids is 1. The van der Waals surface area contributed by atoms with E-state index in [1.165, 1.54) is 6.08 Å². The lowest BCUT2D eigenvalue weighted by Gasteiger charge is -2.20. The van der Waals surface area contributed by atoms with Crippen LogP contribution < -0.4 is 20.7 Å². The molecule has 3 N–H and O–H groups in total. The number of primary amides is 1. The molecule has 0 saturated heterocycles. The van der Waals surface area contributed by atoms with Crippen molar-refractivity contribution in [3.63, 3.8) is 0 Å². The van der Waals surface area contributed by atoms with Gasteiger partial charge in [-0.05, 0) is 50.0 Å². The minimum absolute atomic E-state index is 0.0620.